The number of hydrogen-bond acceptors (Lipinski definition) is 2. The van der Waals surface area contributed by atoms with Gasteiger partial charge in [0.2, 0.25) is 0 Å². The summed E-state index contributed by atoms with van der Waals surface area (Å²) < 4.78 is 13.7. The lowest BCUT2D eigenvalue weighted by Crippen LogP contribution is -1.87. The van der Waals surface area contributed by atoms with Gasteiger partial charge in [-0.05, 0) is 35.4 Å². The maximum Gasteiger partial charge on any atom is 0.131 e. The SMILES string of the molecule is Nc1ccc(-c2ccc(F)c3ccncc23)cc1. The quantitative estimate of drug-likeness (QED) is 0.657. The molecule has 0 spiro atoms. The molecule has 2 aromatic carbocycles. The van der Waals surface area contributed by atoms with Crippen molar-refractivity contribution in [2.24, 2.45) is 0 Å². The van der Waals surface area contributed by atoms with Crippen molar-refractivity contribution in [3.63, 3.8) is 0 Å². The summed E-state index contributed by atoms with van der Waals surface area (Å²) in [5, 5.41) is 1.39. The lowest BCUT2D eigenvalue weighted by atomic mass is 9.99. The topological polar surface area (TPSA) is 38.9 Å². The van der Waals surface area contributed by atoms with Gasteiger partial charge < -0.3 is 5.73 Å². The van der Waals surface area contributed by atoms with Crippen LogP contribution in [0.2, 0.25) is 0 Å². The molecule has 3 aromatic rings. The average Bonchev–Trinajstić information content (AvgIpc) is 2.41. The Bertz CT molecular complexity index is 705. The minimum absolute atomic E-state index is 0.230. The van der Waals surface area contributed by atoms with Crippen LogP contribution in [0.3, 0.4) is 0 Å². The Labute approximate surface area is 104 Å². The van der Waals surface area contributed by atoms with E-state index in [1.54, 1.807) is 24.5 Å². The minimum Gasteiger partial charge on any atom is -0.399 e. The molecule has 0 unspecified atom stereocenters. The maximum atomic E-state index is 13.7. The van der Waals surface area contributed by atoms with E-state index in [4.69, 9.17) is 5.73 Å². The Hall–Kier alpha value is -2.42. The van der Waals surface area contributed by atoms with Gasteiger partial charge in [-0.25, -0.2) is 4.39 Å². The number of aromatic nitrogens is 1. The van der Waals surface area contributed by atoms with Crippen LogP contribution in [0.25, 0.3) is 21.9 Å². The van der Waals surface area contributed by atoms with Gasteiger partial charge in [0.25, 0.3) is 0 Å². The summed E-state index contributed by atoms with van der Waals surface area (Å²) in [5.74, 6) is -0.230. The van der Waals surface area contributed by atoms with Crippen LogP contribution in [0.15, 0.2) is 54.9 Å². The highest BCUT2D eigenvalue weighted by atomic mass is 19.1. The highest BCUT2D eigenvalue weighted by Crippen LogP contribution is 2.29. The molecule has 0 fully saturated rings. The molecule has 3 heteroatoms. The Kier molecular flexibility index (Phi) is 2.45. The Morgan fingerprint density at radius 1 is 0.889 bits per heavy atom. The van der Waals surface area contributed by atoms with Crippen molar-refractivity contribution < 1.29 is 4.39 Å². The Morgan fingerprint density at radius 3 is 2.44 bits per heavy atom. The van der Waals surface area contributed by atoms with Gasteiger partial charge in [0.05, 0.1) is 0 Å². The predicted octanol–water partition coefficient (Wildman–Crippen LogP) is 3.62. The van der Waals surface area contributed by atoms with Crippen LogP contribution < -0.4 is 5.73 Å². The zero-order chi connectivity index (χ0) is 12.5. The summed E-state index contributed by atoms with van der Waals surface area (Å²) >= 11 is 0. The van der Waals surface area contributed by atoms with Crippen molar-refractivity contribution in [3.05, 3.63) is 60.7 Å². The van der Waals surface area contributed by atoms with Crippen LogP contribution in [0.5, 0.6) is 0 Å². The van der Waals surface area contributed by atoms with E-state index in [0.717, 1.165) is 16.5 Å². The molecule has 0 aliphatic rings. The van der Waals surface area contributed by atoms with Gasteiger partial charge in [-0.3, -0.25) is 4.98 Å². The van der Waals surface area contributed by atoms with Crippen molar-refractivity contribution in [2.75, 3.05) is 5.73 Å². The van der Waals surface area contributed by atoms with E-state index in [0.29, 0.717) is 11.1 Å². The van der Waals surface area contributed by atoms with E-state index >= 15 is 0 Å². The average molecular weight is 238 g/mol. The zero-order valence-electron chi connectivity index (χ0n) is 9.60. The number of rotatable bonds is 1. The maximum absolute atomic E-state index is 13.7. The molecule has 0 amide bonds. The molecule has 0 aliphatic heterocycles. The first-order valence-electron chi connectivity index (χ1n) is 5.64. The minimum atomic E-state index is -0.230. The molecule has 2 nitrogen and oxygen atoms in total. The molecule has 0 saturated heterocycles. The summed E-state index contributed by atoms with van der Waals surface area (Å²) in [4.78, 5) is 4.07. The van der Waals surface area contributed by atoms with Crippen LogP contribution in [0, 0.1) is 5.82 Å². The van der Waals surface area contributed by atoms with Crippen LogP contribution in [-0.4, -0.2) is 4.98 Å². The number of nitrogen functional groups attached to an aromatic ring is 1. The molecule has 2 N–H and O–H groups in total. The third kappa shape index (κ3) is 1.70. The van der Waals surface area contributed by atoms with Crippen molar-refractivity contribution in [3.8, 4) is 11.1 Å². The molecule has 18 heavy (non-hydrogen) atoms. The number of halogens is 1. The summed E-state index contributed by atoms with van der Waals surface area (Å²) in [7, 11) is 0. The summed E-state index contributed by atoms with van der Waals surface area (Å²) in [6.45, 7) is 0. The van der Waals surface area contributed by atoms with Gasteiger partial charge in [-0.15, -0.1) is 0 Å². The predicted molar refractivity (Wildman–Crippen MR) is 71.5 cm³/mol. The summed E-state index contributed by atoms with van der Waals surface area (Å²) in [5.41, 5.74) is 8.34. The lowest BCUT2D eigenvalue weighted by molar-refractivity contribution is 0.640. The van der Waals surface area contributed by atoms with Crippen LogP contribution in [-0.2, 0) is 0 Å². The number of fused-ring (bicyclic) bond motifs is 1. The Balaban J connectivity index is 2.30. The molecule has 88 valence electrons. The van der Waals surface area contributed by atoms with E-state index < -0.39 is 0 Å². The zero-order valence-corrected chi connectivity index (χ0v) is 9.60. The lowest BCUT2D eigenvalue weighted by Gasteiger charge is -2.07. The molecular formula is C15H11FN2. The normalized spacial score (nSPS) is 10.7. The molecule has 0 atom stereocenters. The number of anilines is 1. The molecule has 0 saturated carbocycles. The van der Waals surface area contributed by atoms with E-state index in [9.17, 15) is 4.39 Å². The highest BCUT2D eigenvalue weighted by molar-refractivity contribution is 5.96. The van der Waals surface area contributed by atoms with Crippen molar-refractivity contribution in [1.82, 2.24) is 4.98 Å². The van der Waals surface area contributed by atoms with Crippen LogP contribution in [0.1, 0.15) is 0 Å². The molecule has 0 radical (unpaired) electrons. The van der Waals surface area contributed by atoms with Crippen molar-refractivity contribution >= 4 is 16.5 Å². The molecule has 3 rings (SSSR count). The van der Waals surface area contributed by atoms with Gasteiger partial charge in [0, 0.05) is 28.9 Å². The first kappa shape index (κ1) is 10.7. The fourth-order valence-corrected chi connectivity index (χ4v) is 2.07. The van der Waals surface area contributed by atoms with Gasteiger partial charge in [0.1, 0.15) is 5.82 Å². The second-order valence-corrected chi connectivity index (χ2v) is 4.14. The third-order valence-corrected chi connectivity index (χ3v) is 2.99. The van der Waals surface area contributed by atoms with E-state index in [1.165, 1.54) is 6.07 Å². The fourth-order valence-electron chi connectivity index (χ4n) is 2.07. The van der Waals surface area contributed by atoms with Crippen LogP contribution >= 0.6 is 0 Å². The highest BCUT2D eigenvalue weighted by Gasteiger charge is 2.07. The van der Waals surface area contributed by atoms with E-state index in [-0.39, 0.29) is 5.82 Å². The smallest absolute Gasteiger partial charge is 0.131 e. The number of nitrogens with zero attached hydrogens (tertiary/aromatic N) is 1. The second kappa shape index (κ2) is 4.11. The monoisotopic (exact) mass is 238 g/mol. The van der Waals surface area contributed by atoms with E-state index in [2.05, 4.69) is 4.98 Å². The summed E-state index contributed by atoms with van der Waals surface area (Å²) in [6.07, 6.45) is 3.28. The second-order valence-electron chi connectivity index (χ2n) is 4.14. The Morgan fingerprint density at radius 2 is 1.67 bits per heavy atom. The summed E-state index contributed by atoms with van der Waals surface area (Å²) in [6, 6.07) is 12.5. The van der Waals surface area contributed by atoms with E-state index in [1.807, 2.05) is 24.3 Å². The van der Waals surface area contributed by atoms with Gasteiger partial charge in [0.15, 0.2) is 0 Å². The van der Waals surface area contributed by atoms with Crippen LogP contribution in [0.4, 0.5) is 10.1 Å². The first-order chi connectivity index (χ1) is 8.75. The largest absolute Gasteiger partial charge is 0.399 e. The number of nitrogens with two attached hydrogens (primary N) is 1. The fraction of sp³-hybridized carbons (Fsp3) is 0. The van der Waals surface area contributed by atoms with Gasteiger partial charge in [-0.1, -0.05) is 18.2 Å². The number of hydrogen-bond donors (Lipinski definition) is 1. The first-order valence-corrected chi connectivity index (χ1v) is 5.64. The molecule has 0 bridgehead atoms. The van der Waals surface area contributed by atoms with Gasteiger partial charge in [-0.2, -0.15) is 0 Å². The molecule has 1 heterocycles. The van der Waals surface area contributed by atoms with Crippen molar-refractivity contribution in [2.45, 2.75) is 0 Å². The standard InChI is InChI=1S/C15H11FN2/c16-15-6-5-12(10-1-3-11(17)4-2-10)14-9-18-8-7-13(14)15/h1-9H,17H2. The third-order valence-electron chi connectivity index (χ3n) is 2.99. The molecule has 0 aliphatic carbocycles. The van der Waals surface area contributed by atoms with Crippen molar-refractivity contribution in [1.29, 1.82) is 0 Å². The number of pyridine rings is 1. The molecular weight excluding hydrogens is 227 g/mol. The van der Waals surface area contributed by atoms with Gasteiger partial charge >= 0.3 is 0 Å². The number of benzene rings is 2. The molecule has 1 aromatic heterocycles.